The third-order valence-electron chi connectivity index (χ3n) is 1.59. The third kappa shape index (κ3) is 1.14. The molecule has 2 N–H and O–H groups in total. The van der Waals surface area contributed by atoms with E-state index in [2.05, 4.69) is 15.0 Å². The zero-order valence-corrected chi connectivity index (χ0v) is 6.24. The number of imidazole rings is 1. The van der Waals surface area contributed by atoms with Gasteiger partial charge in [-0.05, 0) is 12.1 Å². The first-order valence-corrected chi connectivity index (χ1v) is 3.54. The van der Waals surface area contributed by atoms with Crippen LogP contribution in [0.2, 0.25) is 0 Å². The van der Waals surface area contributed by atoms with Crippen LogP contribution in [0.4, 0.5) is 0 Å². The molecule has 0 unspecified atom stereocenters. The van der Waals surface area contributed by atoms with Crippen molar-refractivity contribution in [1.29, 1.82) is 0 Å². The number of pyridine rings is 1. The average Bonchev–Trinajstić information content (AvgIpc) is 2.54. The summed E-state index contributed by atoms with van der Waals surface area (Å²) < 4.78 is 0. The molecular formula is C8H7N3O. The van der Waals surface area contributed by atoms with E-state index in [1.807, 2.05) is 12.1 Å². The van der Waals surface area contributed by atoms with Crippen LogP contribution < -0.4 is 5.69 Å². The highest BCUT2D eigenvalue weighted by Crippen LogP contribution is 2.11. The Labute approximate surface area is 68.3 Å². The zero-order valence-electron chi connectivity index (χ0n) is 6.24. The van der Waals surface area contributed by atoms with E-state index < -0.39 is 0 Å². The Bertz CT molecular complexity index is 415. The highest BCUT2D eigenvalue weighted by Gasteiger charge is 1.97. The van der Waals surface area contributed by atoms with Gasteiger partial charge in [0.25, 0.3) is 0 Å². The van der Waals surface area contributed by atoms with Crippen molar-refractivity contribution in [2.45, 2.75) is 0 Å². The molecule has 0 aliphatic carbocycles. The molecule has 0 fully saturated rings. The van der Waals surface area contributed by atoms with E-state index in [9.17, 15) is 4.79 Å². The summed E-state index contributed by atoms with van der Waals surface area (Å²) in [5.74, 6) is 0. The van der Waals surface area contributed by atoms with E-state index in [-0.39, 0.29) is 5.69 Å². The molecule has 0 aromatic carbocycles. The van der Waals surface area contributed by atoms with Gasteiger partial charge in [-0.2, -0.15) is 0 Å². The molecule has 2 heterocycles. The number of H-pyrrole nitrogens is 2. The molecular weight excluding hydrogens is 154 g/mol. The number of aromatic amines is 2. The van der Waals surface area contributed by atoms with E-state index in [0.29, 0.717) is 0 Å². The van der Waals surface area contributed by atoms with Crippen LogP contribution in [0.1, 0.15) is 0 Å². The van der Waals surface area contributed by atoms with Crippen molar-refractivity contribution in [2.24, 2.45) is 0 Å². The van der Waals surface area contributed by atoms with Crippen molar-refractivity contribution in [3.05, 3.63) is 41.2 Å². The number of nitrogens with zero attached hydrogens (tertiary/aromatic N) is 1. The number of rotatable bonds is 1. The molecule has 0 aliphatic heterocycles. The molecule has 0 saturated carbocycles. The zero-order chi connectivity index (χ0) is 8.39. The van der Waals surface area contributed by atoms with Gasteiger partial charge in [-0.3, -0.25) is 4.98 Å². The van der Waals surface area contributed by atoms with E-state index in [1.165, 1.54) is 0 Å². The Morgan fingerprint density at radius 1 is 1.25 bits per heavy atom. The normalized spacial score (nSPS) is 10.0. The highest BCUT2D eigenvalue weighted by molar-refractivity contribution is 5.56. The molecule has 0 radical (unpaired) electrons. The highest BCUT2D eigenvalue weighted by atomic mass is 16.1. The Morgan fingerprint density at radius 3 is 2.58 bits per heavy atom. The van der Waals surface area contributed by atoms with Crippen LogP contribution in [0.25, 0.3) is 11.3 Å². The predicted molar refractivity (Wildman–Crippen MR) is 44.6 cm³/mol. The van der Waals surface area contributed by atoms with Crippen molar-refractivity contribution in [2.75, 3.05) is 0 Å². The molecule has 0 amide bonds. The van der Waals surface area contributed by atoms with Crippen LogP contribution in [0.3, 0.4) is 0 Å². The van der Waals surface area contributed by atoms with E-state index in [4.69, 9.17) is 0 Å². The summed E-state index contributed by atoms with van der Waals surface area (Å²) in [6, 6.07) is 3.66. The van der Waals surface area contributed by atoms with Gasteiger partial charge in [-0.1, -0.05) is 0 Å². The number of aromatic nitrogens is 3. The Balaban J connectivity index is 2.51. The first-order chi connectivity index (χ1) is 5.86. The number of hydrogen-bond acceptors (Lipinski definition) is 2. The maximum absolute atomic E-state index is 10.7. The molecule has 60 valence electrons. The van der Waals surface area contributed by atoms with Crippen LogP contribution in [0.5, 0.6) is 0 Å². The Morgan fingerprint density at radius 2 is 2.00 bits per heavy atom. The second-order valence-corrected chi connectivity index (χ2v) is 2.39. The first kappa shape index (κ1) is 6.84. The lowest BCUT2D eigenvalue weighted by Gasteiger charge is -1.92. The predicted octanol–water partition coefficient (Wildman–Crippen LogP) is 0.765. The minimum absolute atomic E-state index is 0.193. The fourth-order valence-corrected chi connectivity index (χ4v) is 1.02. The molecule has 0 saturated heterocycles. The Kier molecular flexibility index (Phi) is 1.51. The lowest BCUT2D eigenvalue weighted by Crippen LogP contribution is -1.99. The lowest BCUT2D eigenvalue weighted by molar-refractivity contribution is 1.19. The third-order valence-corrected chi connectivity index (χ3v) is 1.59. The van der Waals surface area contributed by atoms with Gasteiger partial charge < -0.3 is 9.97 Å². The summed E-state index contributed by atoms with van der Waals surface area (Å²) in [6.07, 6.45) is 5.00. The summed E-state index contributed by atoms with van der Waals surface area (Å²) >= 11 is 0. The van der Waals surface area contributed by atoms with Crippen molar-refractivity contribution in [3.8, 4) is 11.3 Å². The summed E-state index contributed by atoms with van der Waals surface area (Å²) in [6.45, 7) is 0. The maximum atomic E-state index is 10.7. The van der Waals surface area contributed by atoms with Gasteiger partial charge in [0.15, 0.2) is 0 Å². The van der Waals surface area contributed by atoms with Crippen LogP contribution in [0, 0.1) is 0 Å². The van der Waals surface area contributed by atoms with Gasteiger partial charge in [-0.25, -0.2) is 4.79 Å². The van der Waals surface area contributed by atoms with Gasteiger partial charge in [0.1, 0.15) is 0 Å². The lowest BCUT2D eigenvalue weighted by atomic mass is 10.2. The minimum Gasteiger partial charge on any atom is -0.312 e. The molecule has 4 nitrogen and oxygen atoms in total. The average molecular weight is 161 g/mol. The standard InChI is InChI=1S/C8H7N3O/c12-8-10-5-7(11-8)6-1-3-9-4-2-6/h1-5H,(H2,10,11,12). The van der Waals surface area contributed by atoms with Crippen molar-refractivity contribution < 1.29 is 0 Å². The van der Waals surface area contributed by atoms with Crippen LogP contribution in [0.15, 0.2) is 35.5 Å². The summed E-state index contributed by atoms with van der Waals surface area (Å²) in [4.78, 5) is 19.8. The van der Waals surface area contributed by atoms with E-state index in [0.717, 1.165) is 11.3 Å². The Hall–Kier alpha value is -1.84. The van der Waals surface area contributed by atoms with Crippen molar-refractivity contribution >= 4 is 0 Å². The first-order valence-electron chi connectivity index (χ1n) is 3.54. The summed E-state index contributed by atoms with van der Waals surface area (Å²) in [7, 11) is 0. The molecule has 4 heteroatoms. The van der Waals surface area contributed by atoms with Crippen LogP contribution in [-0.2, 0) is 0 Å². The second kappa shape index (κ2) is 2.65. The maximum Gasteiger partial charge on any atom is 0.323 e. The van der Waals surface area contributed by atoms with E-state index in [1.54, 1.807) is 18.6 Å². The van der Waals surface area contributed by atoms with E-state index >= 15 is 0 Å². The fraction of sp³-hybridized carbons (Fsp3) is 0. The molecule has 0 aliphatic rings. The van der Waals surface area contributed by atoms with Gasteiger partial charge in [-0.15, -0.1) is 0 Å². The number of hydrogen-bond donors (Lipinski definition) is 2. The summed E-state index contributed by atoms with van der Waals surface area (Å²) in [5, 5.41) is 0. The van der Waals surface area contributed by atoms with Gasteiger partial charge >= 0.3 is 5.69 Å². The molecule has 0 bridgehead atoms. The monoisotopic (exact) mass is 161 g/mol. The molecule has 0 spiro atoms. The minimum atomic E-state index is -0.193. The van der Waals surface area contributed by atoms with Crippen LogP contribution >= 0.6 is 0 Å². The van der Waals surface area contributed by atoms with Crippen molar-refractivity contribution in [3.63, 3.8) is 0 Å². The van der Waals surface area contributed by atoms with Crippen LogP contribution in [-0.4, -0.2) is 15.0 Å². The fourth-order valence-electron chi connectivity index (χ4n) is 1.02. The summed E-state index contributed by atoms with van der Waals surface area (Å²) in [5.41, 5.74) is 1.53. The van der Waals surface area contributed by atoms with Gasteiger partial charge in [0.05, 0.1) is 5.69 Å². The molecule has 2 aromatic heterocycles. The quantitative estimate of drug-likeness (QED) is 0.648. The van der Waals surface area contributed by atoms with Gasteiger partial charge in [0.2, 0.25) is 0 Å². The number of nitrogens with one attached hydrogen (secondary N) is 2. The molecule has 2 aromatic rings. The molecule has 0 atom stereocenters. The van der Waals surface area contributed by atoms with Gasteiger partial charge in [0, 0.05) is 24.2 Å². The molecule has 2 rings (SSSR count). The second-order valence-electron chi connectivity index (χ2n) is 2.39. The smallest absolute Gasteiger partial charge is 0.312 e. The molecule has 12 heavy (non-hydrogen) atoms. The SMILES string of the molecule is O=c1[nH]cc(-c2ccncc2)[nH]1. The largest absolute Gasteiger partial charge is 0.323 e. The van der Waals surface area contributed by atoms with Crippen molar-refractivity contribution in [1.82, 2.24) is 15.0 Å². The topological polar surface area (TPSA) is 61.5 Å².